The van der Waals surface area contributed by atoms with Crippen LogP contribution < -0.4 is 19.7 Å². The Morgan fingerprint density at radius 2 is 1.81 bits per heavy atom. The number of carbonyl (C=O) groups excluding carboxylic acids is 3. The third kappa shape index (κ3) is 8.38. The number of halogens is 4. The molecule has 0 saturated carbocycles. The van der Waals surface area contributed by atoms with E-state index in [1.54, 1.807) is 6.07 Å². The molecule has 0 spiro atoms. The number of amides is 3. The quantitative estimate of drug-likeness (QED) is 0.400. The van der Waals surface area contributed by atoms with Gasteiger partial charge in [-0.1, -0.05) is 17.7 Å². The Labute approximate surface area is 255 Å². The average Bonchev–Trinajstić information content (AvgIpc) is 3.40. The fourth-order valence-corrected chi connectivity index (χ4v) is 7.28. The molecule has 11 nitrogen and oxygen atoms in total. The van der Waals surface area contributed by atoms with E-state index in [9.17, 15) is 36.0 Å². The second-order valence-electron chi connectivity index (χ2n) is 10.0. The number of para-hydroxylation sites is 1. The first-order chi connectivity index (χ1) is 20.3. The molecule has 1 atom stereocenters. The summed E-state index contributed by atoms with van der Waals surface area (Å²) in [7, 11) is -3.23. The number of nitrogens with one attached hydrogen (secondary N) is 2. The van der Waals surface area contributed by atoms with Crippen molar-refractivity contribution in [2.24, 2.45) is 0 Å². The van der Waals surface area contributed by atoms with Crippen LogP contribution in [0.25, 0.3) is 0 Å². The van der Waals surface area contributed by atoms with E-state index in [-0.39, 0.29) is 53.3 Å². The van der Waals surface area contributed by atoms with Crippen molar-refractivity contribution in [3.63, 3.8) is 0 Å². The lowest BCUT2D eigenvalue weighted by Crippen LogP contribution is -2.58. The van der Waals surface area contributed by atoms with Crippen LogP contribution in [0, 0.1) is 0 Å². The Balaban J connectivity index is 1.58. The number of ether oxygens (including phenoxy) is 1. The summed E-state index contributed by atoms with van der Waals surface area (Å²) in [6.45, 7) is -1.47. The smallest absolute Gasteiger partial charge is 0.401 e. The van der Waals surface area contributed by atoms with Gasteiger partial charge >= 0.3 is 6.18 Å². The van der Waals surface area contributed by atoms with Gasteiger partial charge in [-0.3, -0.25) is 19.3 Å². The number of rotatable bonds is 10. The van der Waals surface area contributed by atoms with Gasteiger partial charge < -0.3 is 19.9 Å². The lowest BCUT2D eigenvalue weighted by atomic mass is 10.1. The van der Waals surface area contributed by atoms with Gasteiger partial charge in [0, 0.05) is 45.7 Å². The molecule has 3 amide bonds. The van der Waals surface area contributed by atoms with E-state index < -0.39 is 47.1 Å². The van der Waals surface area contributed by atoms with Crippen LogP contribution in [-0.2, 0) is 19.6 Å². The third-order valence-corrected chi connectivity index (χ3v) is 9.74. The number of thiophene rings is 1. The van der Waals surface area contributed by atoms with Crippen LogP contribution in [0.2, 0.25) is 4.34 Å². The maximum atomic E-state index is 13.7. The Hall–Kier alpha value is -2.92. The zero-order valence-corrected chi connectivity index (χ0v) is 25.5. The van der Waals surface area contributed by atoms with Gasteiger partial charge in [0.1, 0.15) is 10.9 Å². The fourth-order valence-electron chi connectivity index (χ4n) is 4.94. The van der Waals surface area contributed by atoms with E-state index in [4.69, 9.17) is 16.3 Å². The van der Waals surface area contributed by atoms with Crippen LogP contribution in [-0.4, -0.2) is 101 Å². The lowest BCUT2D eigenvalue weighted by Gasteiger charge is -2.36. The SMILES string of the molecule is COc1c(N2CCCCC2=O)cccc1S(=O)(=O)N[C@@H](CNC(=O)c1ccc(Cl)s1)C(=O)N1CCN(CC(F)(F)F)CC1. The summed E-state index contributed by atoms with van der Waals surface area (Å²) in [6, 6.07) is 5.76. The van der Waals surface area contributed by atoms with Crippen molar-refractivity contribution in [3.05, 3.63) is 39.5 Å². The van der Waals surface area contributed by atoms with E-state index in [0.717, 1.165) is 29.1 Å². The highest BCUT2D eigenvalue weighted by Gasteiger charge is 2.36. The summed E-state index contributed by atoms with van der Waals surface area (Å²) >= 11 is 6.90. The molecule has 0 unspecified atom stereocenters. The Morgan fingerprint density at radius 1 is 1.09 bits per heavy atom. The maximum absolute atomic E-state index is 13.7. The molecule has 2 aliphatic heterocycles. The molecule has 2 fully saturated rings. The predicted octanol–water partition coefficient (Wildman–Crippen LogP) is 2.71. The first-order valence-electron chi connectivity index (χ1n) is 13.4. The molecule has 2 N–H and O–H groups in total. The van der Waals surface area contributed by atoms with E-state index >= 15 is 0 Å². The first-order valence-corrected chi connectivity index (χ1v) is 16.1. The molecule has 236 valence electrons. The molecular formula is C26H31ClF3N5O6S2. The second kappa shape index (κ2) is 13.8. The van der Waals surface area contributed by atoms with E-state index in [0.29, 0.717) is 17.3 Å². The molecular weight excluding hydrogens is 635 g/mol. The Bertz CT molecular complexity index is 1450. The van der Waals surface area contributed by atoms with Crippen molar-refractivity contribution < 1.29 is 40.7 Å². The summed E-state index contributed by atoms with van der Waals surface area (Å²) in [5, 5.41) is 2.54. The number of sulfonamides is 1. The topological polar surface area (TPSA) is 128 Å². The summed E-state index contributed by atoms with van der Waals surface area (Å²) < 4.78 is 74.1. The Kier molecular flexibility index (Phi) is 10.6. The maximum Gasteiger partial charge on any atom is 0.401 e. The molecule has 17 heteroatoms. The number of hydrogen-bond donors (Lipinski definition) is 2. The minimum Gasteiger partial charge on any atom is -0.493 e. The number of anilines is 1. The number of alkyl halides is 3. The van der Waals surface area contributed by atoms with Crippen molar-refractivity contribution in [2.75, 3.05) is 57.8 Å². The van der Waals surface area contributed by atoms with Gasteiger partial charge in [0.2, 0.25) is 21.8 Å². The van der Waals surface area contributed by atoms with Crippen LogP contribution in [0.15, 0.2) is 35.2 Å². The normalized spacial score (nSPS) is 17.6. The Morgan fingerprint density at radius 3 is 2.42 bits per heavy atom. The van der Waals surface area contributed by atoms with Gasteiger partial charge in [-0.05, 0) is 37.1 Å². The molecule has 1 aromatic heterocycles. The van der Waals surface area contributed by atoms with Crippen LogP contribution in [0.1, 0.15) is 28.9 Å². The average molecular weight is 666 g/mol. The number of nitrogens with zero attached hydrogens (tertiary/aromatic N) is 3. The summed E-state index contributed by atoms with van der Waals surface area (Å²) in [4.78, 5) is 42.6. The largest absolute Gasteiger partial charge is 0.493 e. The van der Waals surface area contributed by atoms with Crippen molar-refractivity contribution >= 4 is 56.4 Å². The van der Waals surface area contributed by atoms with Crippen LogP contribution in [0.5, 0.6) is 5.75 Å². The second-order valence-corrected chi connectivity index (χ2v) is 13.4. The molecule has 4 rings (SSSR count). The minimum absolute atomic E-state index is 0.0650. The van der Waals surface area contributed by atoms with Gasteiger partial charge in [0.05, 0.1) is 28.6 Å². The zero-order chi connectivity index (χ0) is 31.4. The molecule has 2 saturated heterocycles. The number of carbonyl (C=O) groups is 3. The number of benzene rings is 1. The molecule has 0 aliphatic carbocycles. The van der Waals surface area contributed by atoms with Crippen molar-refractivity contribution in [1.29, 1.82) is 0 Å². The highest BCUT2D eigenvalue weighted by Crippen LogP contribution is 2.36. The number of hydrogen-bond acceptors (Lipinski definition) is 8. The van der Waals surface area contributed by atoms with Crippen LogP contribution in [0.3, 0.4) is 0 Å². The zero-order valence-electron chi connectivity index (χ0n) is 23.2. The summed E-state index contributed by atoms with van der Waals surface area (Å²) in [6.07, 6.45) is -2.65. The summed E-state index contributed by atoms with van der Waals surface area (Å²) in [5.74, 6) is -1.58. The highest BCUT2D eigenvalue weighted by atomic mass is 35.5. The standard InChI is InChI=1S/C26H31ClF3N5O6S2/c1-41-23-18(35-10-3-2-7-22(35)36)5-4-6-20(23)43(39,40)32-17(15-31-24(37)19-8-9-21(27)42-19)25(38)34-13-11-33(12-14-34)16-26(28,29)30/h4-6,8-9,17,32H,2-3,7,10-16H2,1H3,(H,31,37)/t17-/m0/s1. The number of piperidine rings is 1. The van der Waals surface area contributed by atoms with Crippen molar-refractivity contribution in [2.45, 2.75) is 36.4 Å². The first kappa shape index (κ1) is 33.0. The molecule has 2 aromatic rings. The van der Waals surface area contributed by atoms with Gasteiger partial charge in [-0.15, -0.1) is 11.3 Å². The molecule has 3 heterocycles. The van der Waals surface area contributed by atoms with Gasteiger partial charge in [0.25, 0.3) is 5.91 Å². The molecule has 1 aromatic carbocycles. The highest BCUT2D eigenvalue weighted by molar-refractivity contribution is 7.89. The summed E-state index contributed by atoms with van der Waals surface area (Å²) in [5.41, 5.74) is 0.265. The van der Waals surface area contributed by atoms with Gasteiger partial charge in [0.15, 0.2) is 5.75 Å². The number of methoxy groups -OCH3 is 1. The fraction of sp³-hybridized carbons (Fsp3) is 0.500. The monoisotopic (exact) mass is 665 g/mol. The van der Waals surface area contributed by atoms with Crippen molar-refractivity contribution in [3.8, 4) is 5.75 Å². The molecule has 2 aliphatic rings. The van der Waals surface area contributed by atoms with Crippen molar-refractivity contribution in [1.82, 2.24) is 19.8 Å². The predicted molar refractivity (Wildman–Crippen MR) is 154 cm³/mol. The van der Waals surface area contributed by atoms with E-state index in [2.05, 4.69) is 10.0 Å². The molecule has 43 heavy (non-hydrogen) atoms. The van der Waals surface area contributed by atoms with E-state index in [1.807, 2.05) is 0 Å². The molecule has 0 bridgehead atoms. The third-order valence-electron chi connectivity index (χ3n) is 7.01. The van der Waals surface area contributed by atoms with Crippen LogP contribution >= 0.6 is 22.9 Å². The number of piperazine rings is 1. The van der Waals surface area contributed by atoms with Gasteiger partial charge in [-0.25, -0.2) is 8.42 Å². The minimum atomic E-state index is -4.50. The van der Waals surface area contributed by atoms with Crippen LogP contribution in [0.4, 0.5) is 18.9 Å². The van der Waals surface area contributed by atoms with E-state index in [1.165, 1.54) is 41.2 Å². The van der Waals surface area contributed by atoms with Gasteiger partial charge in [-0.2, -0.15) is 17.9 Å². The lowest BCUT2D eigenvalue weighted by molar-refractivity contribution is -0.152. The molecule has 0 radical (unpaired) electrons.